The van der Waals surface area contributed by atoms with Gasteiger partial charge in [-0.1, -0.05) is 18.2 Å². The van der Waals surface area contributed by atoms with Gasteiger partial charge in [-0.05, 0) is 37.1 Å². The lowest BCUT2D eigenvalue weighted by molar-refractivity contribution is -0.274. The Morgan fingerprint density at radius 2 is 1.83 bits per heavy atom. The molecular weight excluding hydrogens is 481 g/mol. The van der Waals surface area contributed by atoms with Crippen molar-refractivity contribution in [2.45, 2.75) is 31.5 Å². The van der Waals surface area contributed by atoms with Crippen LogP contribution in [0, 0.1) is 0 Å². The molecule has 2 aliphatic heterocycles. The van der Waals surface area contributed by atoms with Gasteiger partial charge >= 0.3 is 6.36 Å². The predicted octanol–water partition coefficient (Wildman–Crippen LogP) is 5.43. The van der Waals surface area contributed by atoms with Gasteiger partial charge in [0.25, 0.3) is 0 Å². The molecule has 1 fully saturated rings. The van der Waals surface area contributed by atoms with Crippen molar-refractivity contribution in [2.75, 3.05) is 26.3 Å². The van der Waals surface area contributed by atoms with E-state index in [1.54, 1.807) is 22.3 Å². The highest BCUT2D eigenvalue weighted by Crippen LogP contribution is 2.37. The molecule has 0 aliphatic carbocycles. The van der Waals surface area contributed by atoms with Crippen molar-refractivity contribution in [3.63, 3.8) is 0 Å². The number of carbonyl (C=O) groups excluding carboxylic acids is 1. The Hall–Kier alpha value is -3.27. The van der Waals surface area contributed by atoms with Crippen LogP contribution in [0.15, 0.2) is 47.8 Å². The number of alkyl halides is 3. The van der Waals surface area contributed by atoms with E-state index in [-0.39, 0.29) is 29.6 Å². The highest BCUT2D eigenvalue weighted by molar-refractivity contribution is 7.10. The summed E-state index contributed by atoms with van der Waals surface area (Å²) in [5.74, 6) is 1.14. The number of ether oxygens (including phenoxy) is 3. The van der Waals surface area contributed by atoms with E-state index >= 15 is 0 Å². The summed E-state index contributed by atoms with van der Waals surface area (Å²) in [6.45, 7) is 2.13. The molecular formula is C25H23F3N2O4S. The normalized spacial score (nSPS) is 16.3. The van der Waals surface area contributed by atoms with Gasteiger partial charge in [0.15, 0.2) is 11.5 Å². The van der Waals surface area contributed by atoms with Crippen LogP contribution in [0.4, 0.5) is 13.2 Å². The standard InChI is InChI=1S/C25H23F3N2O4S/c26-25(27,28)34-20-4-2-1-3-18(20)14-23(31)30-9-7-16(8-10-30)24-29-19(15-35-24)17-5-6-21-22(13-17)33-12-11-32-21/h1-6,13,15-16H,7-12,14H2. The van der Waals surface area contributed by atoms with Crippen LogP contribution in [-0.2, 0) is 11.2 Å². The van der Waals surface area contributed by atoms with E-state index in [0.29, 0.717) is 26.3 Å². The molecule has 1 saturated heterocycles. The van der Waals surface area contributed by atoms with E-state index in [0.717, 1.165) is 40.6 Å². The number of aromatic nitrogens is 1. The van der Waals surface area contributed by atoms with Crippen LogP contribution in [0.3, 0.4) is 0 Å². The Kier molecular flexibility index (Phi) is 6.55. The molecule has 184 valence electrons. The monoisotopic (exact) mass is 504 g/mol. The fourth-order valence-electron chi connectivity index (χ4n) is 4.34. The number of amides is 1. The molecule has 0 spiro atoms. The van der Waals surface area contributed by atoms with E-state index in [4.69, 9.17) is 14.5 Å². The van der Waals surface area contributed by atoms with Crippen molar-refractivity contribution in [2.24, 2.45) is 0 Å². The molecule has 0 N–H and O–H groups in total. The number of likely N-dealkylation sites (tertiary alicyclic amines) is 1. The van der Waals surface area contributed by atoms with E-state index in [2.05, 4.69) is 4.74 Å². The average molecular weight is 505 g/mol. The van der Waals surface area contributed by atoms with Gasteiger partial charge in [-0.15, -0.1) is 24.5 Å². The fraction of sp³-hybridized carbons (Fsp3) is 0.360. The van der Waals surface area contributed by atoms with E-state index in [1.165, 1.54) is 18.2 Å². The Bertz CT molecular complexity index is 1210. The molecule has 3 heterocycles. The topological polar surface area (TPSA) is 60.9 Å². The summed E-state index contributed by atoms with van der Waals surface area (Å²) in [4.78, 5) is 19.3. The number of halogens is 3. The summed E-state index contributed by atoms with van der Waals surface area (Å²) in [6, 6.07) is 11.6. The van der Waals surface area contributed by atoms with Crippen molar-refractivity contribution in [3.8, 4) is 28.5 Å². The molecule has 10 heteroatoms. The van der Waals surface area contributed by atoms with E-state index < -0.39 is 6.36 Å². The van der Waals surface area contributed by atoms with Crippen molar-refractivity contribution in [3.05, 3.63) is 58.4 Å². The van der Waals surface area contributed by atoms with Gasteiger partial charge in [-0.25, -0.2) is 4.98 Å². The third kappa shape index (κ3) is 5.53. The molecule has 3 aromatic rings. The van der Waals surface area contributed by atoms with Crippen LogP contribution >= 0.6 is 11.3 Å². The van der Waals surface area contributed by atoms with Crippen LogP contribution in [-0.4, -0.2) is 48.5 Å². The lowest BCUT2D eigenvalue weighted by atomic mass is 9.97. The van der Waals surface area contributed by atoms with Gasteiger partial charge < -0.3 is 19.1 Å². The molecule has 0 bridgehead atoms. The predicted molar refractivity (Wildman–Crippen MR) is 124 cm³/mol. The number of hydrogen-bond acceptors (Lipinski definition) is 6. The Morgan fingerprint density at radius 3 is 2.60 bits per heavy atom. The van der Waals surface area contributed by atoms with Gasteiger partial charge in [0.2, 0.25) is 5.91 Å². The summed E-state index contributed by atoms with van der Waals surface area (Å²) < 4.78 is 53.3. The lowest BCUT2D eigenvalue weighted by Crippen LogP contribution is -2.38. The molecule has 2 aromatic carbocycles. The second kappa shape index (κ2) is 9.77. The summed E-state index contributed by atoms with van der Waals surface area (Å²) in [5.41, 5.74) is 2.06. The maximum absolute atomic E-state index is 12.8. The zero-order valence-corrected chi connectivity index (χ0v) is 19.5. The minimum atomic E-state index is -4.80. The van der Waals surface area contributed by atoms with Crippen molar-refractivity contribution in [1.29, 1.82) is 0 Å². The second-order valence-corrected chi connectivity index (χ2v) is 9.31. The molecule has 35 heavy (non-hydrogen) atoms. The minimum absolute atomic E-state index is 0.136. The third-order valence-electron chi connectivity index (χ3n) is 6.10. The number of fused-ring (bicyclic) bond motifs is 1. The number of carbonyl (C=O) groups is 1. The number of nitrogens with zero attached hydrogens (tertiary/aromatic N) is 2. The van der Waals surface area contributed by atoms with Gasteiger partial charge in [-0.3, -0.25) is 4.79 Å². The second-order valence-electron chi connectivity index (χ2n) is 8.42. The quantitative estimate of drug-likeness (QED) is 0.464. The molecule has 0 saturated carbocycles. The maximum atomic E-state index is 12.8. The summed E-state index contributed by atoms with van der Waals surface area (Å²) in [6.07, 6.45) is -3.44. The molecule has 1 aromatic heterocycles. The number of thiazole rings is 1. The van der Waals surface area contributed by atoms with Crippen LogP contribution < -0.4 is 14.2 Å². The van der Waals surface area contributed by atoms with E-state index in [1.807, 2.05) is 23.6 Å². The molecule has 1 amide bonds. The average Bonchev–Trinajstić information content (AvgIpc) is 3.34. The Balaban J connectivity index is 1.19. The van der Waals surface area contributed by atoms with Gasteiger partial charge in [0.05, 0.1) is 17.1 Å². The fourth-order valence-corrected chi connectivity index (χ4v) is 5.34. The van der Waals surface area contributed by atoms with Crippen LogP contribution in [0.25, 0.3) is 11.3 Å². The smallest absolute Gasteiger partial charge is 0.486 e. The lowest BCUT2D eigenvalue weighted by Gasteiger charge is -2.31. The van der Waals surface area contributed by atoms with Crippen molar-refractivity contribution in [1.82, 2.24) is 9.88 Å². The zero-order chi connectivity index (χ0) is 24.4. The number of benzene rings is 2. The summed E-state index contributed by atoms with van der Waals surface area (Å²) in [7, 11) is 0. The molecule has 0 unspecified atom stereocenters. The first-order chi connectivity index (χ1) is 16.9. The first kappa shape index (κ1) is 23.5. The third-order valence-corrected chi connectivity index (χ3v) is 7.10. The highest BCUT2D eigenvalue weighted by Gasteiger charge is 2.33. The van der Waals surface area contributed by atoms with Crippen molar-refractivity contribution >= 4 is 17.2 Å². The number of rotatable bonds is 5. The molecule has 2 aliphatic rings. The van der Waals surface area contributed by atoms with Crippen molar-refractivity contribution < 1.29 is 32.2 Å². The Morgan fingerprint density at radius 1 is 1.09 bits per heavy atom. The minimum Gasteiger partial charge on any atom is -0.486 e. The SMILES string of the molecule is O=C(Cc1ccccc1OC(F)(F)F)N1CCC(c2nc(-c3ccc4c(c3)OCCO4)cs2)CC1. The number of hydrogen-bond donors (Lipinski definition) is 0. The number of piperidine rings is 1. The van der Waals surface area contributed by atoms with Gasteiger partial charge in [-0.2, -0.15) is 0 Å². The maximum Gasteiger partial charge on any atom is 0.573 e. The highest BCUT2D eigenvalue weighted by atomic mass is 32.1. The summed E-state index contributed by atoms with van der Waals surface area (Å²) >= 11 is 1.60. The molecule has 5 rings (SSSR count). The largest absolute Gasteiger partial charge is 0.573 e. The molecule has 6 nitrogen and oxygen atoms in total. The van der Waals surface area contributed by atoms with E-state index in [9.17, 15) is 18.0 Å². The Labute approximate surface area is 204 Å². The number of para-hydroxylation sites is 1. The first-order valence-corrected chi connectivity index (χ1v) is 12.2. The molecule has 0 radical (unpaired) electrons. The van der Waals surface area contributed by atoms with Crippen LogP contribution in [0.5, 0.6) is 17.2 Å². The first-order valence-electron chi connectivity index (χ1n) is 11.3. The zero-order valence-electron chi connectivity index (χ0n) is 18.7. The summed E-state index contributed by atoms with van der Waals surface area (Å²) in [5, 5.41) is 3.04. The van der Waals surface area contributed by atoms with Crippen LogP contribution in [0.2, 0.25) is 0 Å². The van der Waals surface area contributed by atoms with Gasteiger partial charge in [0, 0.05) is 35.5 Å². The van der Waals surface area contributed by atoms with Crippen LogP contribution in [0.1, 0.15) is 29.3 Å². The molecule has 0 atom stereocenters. The van der Waals surface area contributed by atoms with Gasteiger partial charge in [0.1, 0.15) is 19.0 Å².